The van der Waals surface area contributed by atoms with E-state index in [9.17, 15) is 4.79 Å². The Balaban J connectivity index is 1.91. The number of para-hydroxylation sites is 2. The van der Waals surface area contributed by atoms with Gasteiger partial charge < -0.3 is 14.8 Å². The molecule has 1 aromatic heterocycles. The van der Waals surface area contributed by atoms with Gasteiger partial charge in [-0.3, -0.25) is 4.79 Å². The van der Waals surface area contributed by atoms with Crippen LogP contribution in [0.5, 0.6) is 0 Å². The fraction of sp³-hybridized carbons (Fsp3) is 0.467. The summed E-state index contributed by atoms with van der Waals surface area (Å²) in [6.07, 6.45) is 1.32. The van der Waals surface area contributed by atoms with Crippen molar-refractivity contribution in [3.8, 4) is 0 Å². The van der Waals surface area contributed by atoms with Crippen molar-refractivity contribution in [1.29, 1.82) is 0 Å². The van der Waals surface area contributed by atoms with Crippen molar-refractivity contribution in [3.05, 3.63) is 24.3 Å². The number of oxazole rings is 1. The second kappa shape index (κ2) is 6.95. The van der Waals surface area contributed by atoms with Crippen LogP contribution in [0, 0.1) is 0 Å². The molecule has 1 unspecified atom stereocenters. The summed E-state index contributed by atoms with van der Waals surface area (Å²) in [6.45, 7) is 3.98. The lowest BCUT2D eigenvalue weighted by Gasteiger charge is -2.28. The van der Waals surface area contributed by atoms with Gasteiger partial charge in [0.1, 0.15) is 5.52 Å². The molecule has 2 aromatic rings. The average Bonchev–Trinajstić information content (AvgIpc) is 2.88. The van der Waals surface area contributed by atoms with Crippen LogP contribution in [-0.2, 0) is 4.79 Å². The number of carbonyl (C=O) groups is 1. The van der Waals surface area contributed by atoms with Crippen molar-refractivity contribution in [3.63, 3.8) is 0 Å². The number of aliphatic hydroxyl groups excluding tert-OH is 1. The molecule has 2 rings (SSSR count). The van der Waals surface area contributed by atoms with Crippen molar-refractivity contribution in [2.45, 2.75) is 37.5 Å². The Bertz CT molecular complexity index is 581. The number of nitrogens with zero attached hydrogens (tertiary/aromatic N) is 1. The zero-order valence-electron chi connectivity index (χ0n) is 12.3. The molecular weight excluding hydrogens is 288 g/mol. The van der Waals surface area contributed by atoms with Crippen molar-refractivity contribution >= 4 is 28.8 Å². The van der Waals surface area contributed by atoms with E-state index < -0.39 is 0 Å². The largest absolute Gasteiger partial charge is 0.431 e. The summed E-state index contributed by atoms with van der Waals surface area (Å²) in [5, 5.41) is 12.5. The second-order valence-corrected chi connectivity index (χ2v) is 6.10. The number of amides is 1. The first-order valence-electron chi connectivity index (χ1n) is 6.96. The summed E-state index contributed by atoms with van der Waals surface area (Å²) in [5.74, 6) is 0.161. The van der Waals surface area contributed by atoms with E-state index in [4.69, 9.17) is 9.52 Å². The second-order valence-electron chi connectivity index (χ2n) is 5.17. The number of hydrogen-bond donors (Lipinski definition) is 2. The van der Waals surface area contributed by atoms with Crippen LogP contribution >= 0.6 is 11.8 Å². The summed E-state index contributed by atoms with van der Waals surface area (Å²) < 4.78 is 5.55. The van der Waals surface area contributed by atoms with Crippen LogP contribution in [0.2, 0.25) is 0 Å². The first kappa shape index (κ1) is 15.9. The molecule has 0 aliphatic heterocycles. The maximum Gasteiger partial charge on any atom is 0.257 e. The Kier molecular flexibility index (Phi) is 5.25. The number of benzene rings is 1. The van der Waals surface area contributed by atoms with Crippen LogP contribution in [-0.4, -0.2) is 33.9 Å². The van der Waals surface area contributed by atoms with Gasteiger partial charge in [-0.2, -0.15) is 0 Å². The lowest BCUT2D eigenvalue weighted by atomic mass is 9.95. The van der Waals surface area contributed by atoms with Crippen LogP contribution in [0.4, 0.5) is 0 Å². The van der Waals surface area contributed by atoms with Gasteiger partial charge in [0.25, 0.3) is 5.22 Å². The summed E-state index contributed by atoms with van der Waals surface area (Å²) in [6, 6.07) is 7.50. The zero-order chi connectivity index (χ0) is 15.3. The van der Waals surface area contributed by atoms with Gasteiger partial charge >= 0.3 is 0 Å². The minimum absolute atomic E-state index is 0.0584. The highest BCUT2D eigenvalue weighted by Gasteiger charge is 2.23. The lowest BCUT2D eigenvalue weighted by Crippen LogP contribution is -2.46. The fourth-order valence-corrected chi connectivity index (χ4v) is 2.63. The molecule has 0 aliphatic rings. The predicted octanol–water partition coefficient (Wildman–Crippen LogP) is 2.59. The topological polar surface area (TPSA) is 75.4 Å². The highest BCUT2D eigenvalue weighted by molar-refractivity contribution is 7.99. The molecule has 5 nitrogen and oxygen atoms in total. The third kappa shape index (κ3) is 4.22. The summed E-state index contributed by atoms with van der Waals surface area (Å²) in [7, 11) is 0. The Morgan fingerprint density at radius 1 is 1.48 bits per heavy atom. The number of aliphatic hydroxyl groups is 1. The van der Waals surface area contributed by atoms with Crippen LogP contribution in [0.3, 0.4) is 0 Å². The molecule has 1 amide bonds. The van der Waals surface area contributed by atoms with Crippen molar-refractivity contribution < 1.29 is 14.3 Å². The number of nitrogens with one attached hydrogen (secondary N) is 1. The van der Waals surface area contributed by atoms with Gasteiger partial charge in [0.15, 0.2) is 5.58 Å². The Morgan fingerprint density at radius 2 is 2.24 bits per heavy atom. The average molecular weight is 308 g/mol. The Morgan fingerprint density at radius 3 is 2.90 bits per heavy atom. The zero-order valence-corrected chi connectivity index (χ0v) is 13.1. The minimum Gasteiger partial charge on any atom is -0.431 e. The fourth-order valence-electron chi connectivity index (χ4n) is 1.99. The molecule has 1 aromatic carbocycles. The van der Waals surface area contributed by atoms with Crippen LogP contribution in [0.15, 0.2) is 33.9 Å². The predicted molar refractivity (Wildman–Crippen MR) is 83.3 cm³/mol. The van der Waals surface area contributed by atoms with Crippen LogP contribution < -0.4 is 5.32 Å². The standard InChI is InChI=1S/C15H20N2O3S/c1-3-15(2,8-9-18)17-13(19)10-21-14-16-11-6-4-5-7-12(11)20-14/h4-7,18H,3,8-10H2,1-2H3,(H,17,19). The SMILES string of the molecule is CCC(C)(CCO)NC(=O)CSc1nc2ccccc2o1. The highest BCUT2D eigenvalue weighted by atomic mass is 32.2. The van der Waals surface area contributed by atoms with E-state index >= 15 is 0 Å². The first-order valence-corrected chi connectivity index (χ1v) is 7.95. The summed E-state index contributed by atoms with van der Waals surface area (Å²) in [4.78, 5) is 16.3. The maximum atomic E-state index is 12.0. The van der Waals surface area contributed by atoms with Gasteiger partial charge in [0, 0.05) is 12.1 Å². The molecule has 0 saturated heterocycles. The van der Waals surface area contributed by atoms with E-state index in [-0.39, 0.29) is 23.8 Å². The molecule has 0 spiro atoms. The van der Waals surface area contributed by atoms with E-state index in [1.807, 2.05) is 38.1 Å². The molecule has 6 heteroatoms. The Labute approximate surface area is 128 Å². The van der Waals surface area contributed by atoms with E-state index in [0.717, 1.165) is 17.5 Å². The maximum absolute atomic E-state index is 12.0. The molecule has 0 radical (unpaired) electrons. The van der Waals surface area contributed by atoms with E-state index in [2.05, 4.69) is 10.3 Å². The van der Waals surface area contributed by atoms with Gasteiger partial charge in [-0.1, -0.05) is 30.8 Å². The smallest absolute Gasteiger partial charge is 0.257 e. The van der Waals surface area contributed by atoms with Crippen molar-refractivity contribution in [1.82, 2.24) is 10.3 Å². The van der Waals surface area contributed by atoms with E-state index in [1.54, 1.807) is 0 Å². The number of carbonyl (C=O) groups excluding carboxylic acids is 1. The van der Waals surface area contributed by atoms with Gasteiger partial charge in [-0.15, -0.1) is 0 Å². The summed E-state index contributed by atoms with van der Waals surface area (Å²) >= 11 is 1.27. The van der Waals surface area contributed by atoms with Gasteiger partial charge in [-0.25, -0.2) is 4.98 Å². The van der Waals surface area contributed by atoms with Crippen LogP contribution in [0.25, 0.3) is 11.1 Å². The van der Waals surface area contributed by atoms with Gasteiger partial charge in [-0.05, 0) is 31.9 Å². The number of hydrogen-bond acceptors (Lipinski definition) is 5. The third-order valence-corrected chi connectivity index (χ3v) is 4.31. The van der Waals surface area contributed by atoms with Gasteiger partial charge in [0.2, 0.25) is 5.91 Å². The molecule has 1 atom stereocenters. The quantitative estimate of drug-likeness (QED) is 0.769. The number of thioether (sulfide) groups is 1. The highest BCUT2D eigenvalue weighted by Crippen LogP contribution is 2.23. The van der Waals surface area contributed by atoms with Crippen molar-refractivity contribution in [2.75, 3.05) is 12.4 Å². The normalized spacial score (nSPS) is 14.0. The molecule has 114 valence electrons. The first-order chi connectivity index (χ1) is 10.1. The molecule has 0 saturated carbocycles. The third-order valence-electron chi connectivity index (χ3n) is 3.49. The van der Waals surface area contributed by atoms with Crippen molar-refractivity contribution in [2.24, 2.45) is 0 Å². The number of aromatic nitrogens is 1. The van der Waals surface area contributed by atoms with E-state index in [0.29, 0.717) is 11.6 Å². The minimum atomic E-state index is -0.367. The Hall–Kier alpha value is -1.53. The number of fused-ring (bicyclic) bond motifs is 1. The molecule has 0 bridgehead atoms. The van der Waals surface area contributed by atoms with Crippen LogP contribution in [0.1, 0.15) is 26.7 Å². The number of rotatable bonds is 7. The molecule has 1 heterocycles. The van der Waals surface area contributed by atoms with E-state index in [1.165, 1.54) is 11.8 Å². The lowest BCUT2D eigenvalue weighted by molar-refractivity contribution is -0.120. The molecule has 2 N–H and O–H groups in total. The monoisotopic (exact) mass is 308 g/mol. The molecular formula is C15H20N2O3S. The van der Waals surface area contributed by atoms with Gasteiger partial charge in [0.05, 0.1) is 5.75 Å². The molecule has 0 aliphatic carbocycles. The molecule has 0 fully saturated rings. The molecule has 21 heavy (non-hydrogen) atoms. The summed E-state index contributed by atoms with van der Waals surface area (Å²) in [5.41, 5.74) is 1.14.